The number of aromatic nitrogens is 1. The zero-order valence-corrected chi connectivity index (χ0v) is 12.2. The first-order valence-electron chi connectivity index (χ1n) is 6.78. The lowest BCUT2D eigenvalue weighted by atomic mass is 10.1. The van der Waals surface area contributed by atoms with Gasteiger partial charge >= 0.3 is 0 Å². The molecule has 0 unspecified atom stereocenters. The van der Waals surface area contributed by atoms with Crippen LogP contribution in [0.4, 0.5) is 0 Å². The third-order valence-electron chi connectivity index (χ3n) is 3.78. The molecule has 1 atom stereocenters. The van der Waals surface area contributed by atoms with E-state index in [2.05, 4.69) is 16.9 Å². The van der Waals surface area contributed by atoms with Crippen LogP contribution < -0.4 is 4.74 Å². The van der Waals surface area contributed by atoms with Crippen LogP contribution in [0.15, 0.2) is 42.6 Å². The molecule has 2 aromatic rings. The Balaban J connectivity index is 1.76. The molecule has 2 heterocycles. The summed E-state index contributed by atoms with van der Waals surface area (Å²) >= 11 is 6.18. The van der Waals surface area contributed by atoms with E-state index in [1.54, 1.807) is 6.20 Å². The first-order chi connectivity index (χ1) is 9.74. The second kappa shape index (κ2) is 5.81. The molecular weight excluding hydrogens is 272 g/mol. The summed E-state index contributed by atoms with van der Waals surface area (Å²) in [7, 11) is 2.12. The van der Waals surface area contributed by atoms with E-state index >= 15 is 0 Å². The lowest BCUT2D eigenvalue weighted by Gasteiger charge is -2.37. The van der Waals surface area contributed by atoms with Crippen molar-refractivity contribution in [3.05, 3.63) is 47.7 Å². The predicted molar refractivity (Wildman–Crippen MR) is 81.2 cm³/mol. The zero-order valence-electron chi connectivity index (χ0n) is 11.4. The summed E-state index contributed by atoms with van der Waals surface area (Å²) in [5, 5.41) is 0.504. The largest absolute Gasteiger partial charge is 0.490 e. The van der Waals surface area contributed by atoms with Gasteiger partial charge in [0.05, 0.1) is 6.20 Å². The maximum absolute atomic E-state index is 6.18. The maximum Gasteiger partial charge on any atom is 0.138 e. The fourth-order valence-electron chi connectivity index (χ4n) is 2.30. The van der Waals surface area contributed by atoms with Gasteiger partial charge in [-0.1, -0.05) is 41.9 Å². The van der Waals surface area contributed by atoms with Gasteiger partial charge in [-0.2, -0.15) is 0 Å². The average Bonchev–Trinajstić information content (AvgIpc) is 2.48. The lowest BCUT2D eigenvalue weighted by Crippen LogP contribution is -2.48. The SMILES string of the molecule is CN1CC[C@@H]1COc1cnc(Cl)c(-c2ccccc2)c1. The number of pyridine rings is 1. The third kappa shape index (κ3) is 2.79. The number of ether oxygens (including phenoxy) is 1. The number of hydrogen-bond acceptors (Lipinski definition) is 3. The van der Waals surface area contributed by atoms with Crippen molar-refractivity contribution in [2.45, 2.75) is 12.5 Å². The fourth-order valence-corrected chi connectivity index (χ4v) is 2.51. The van der Waals surface area contributed by atoms with Crippen molar-refractivity contribution in [3.63, 3.8) is 0 Å². The molecule has 1 aromatic carbocycles. The van der Waals surface area contributed by atoms with E-state index in [1.807, 2.05) is 36.4 Å². The van der Waals surface area contributed by atoms with E-state index in [1.165, 1.54) is 6.42 Å². The summed E-state index contributed by atoms with van der Waals surface area (Å²) in [6.07, 6.45) is 2.89. The number of likely N-dealkylation sites (tertiary alicyclic amines) is 1. The molecule has 0 N–H and O–H groups in total. The van der Waals surface area contributed by atoms with Crippen LogP contribution in [-0.4, -0.2) is 36.1 Å². The summed E-state index contributed by atoms with van der Waals surface area (Å²) < 4.78 is 5.83. The van der Waals surface area contributed by atoms with Crippen molar-refractivity contribution < 1.29 is 4.74 Å². The molecule has 1 fully saturated rings. The Labute approximate surface area is 124 Å². The minimum Gasteiger partial charge on any atom is -0.490 e. The summed E-state index contributed by atoms with van der Waals surface area (Å²) in [6.45, 7) is 1.86. The van der Waals surface area contributed by atoms with Gasteiger partial charge in [-0.15, -0.1) is 0 Å². The Hall–Kier alpha value is -1.58. The Morgan fingerprint density at radius 1 is 1.35 bits per heavy atom. The van der Waals surface area contributed by atoms with E-state index in [0.717, 1.165) is 23.4 Å². The average molecular weight is 289 g/mol. The Kier molecular flexibility index (Phi) is 3.90. The predicted octanol–water partition coefficient (Wildman–Crippen LogP) is 3.48. The van der Waals surface area contributed by atoms with E-state index in [4.69, 9.17) is 16.3 Å². The van der Waals surface area contributed by atoms with Crippen LogP contribution in [0.3, 0.4) is 0 Å². The van der Waals surface area contributed by atoms with Crippen LogP contribution in [0.2, 0.25) is 5.15 Å². The summed E-state index contributed by atoms with van der Waals surface area (Å²) in [5.41, 5.74) is 1.96. The second-order valence-corrected chi connectivity index (χ2v) is 5.47. The quantitative estimate of drug-likeness (QED) is 0.806. The van der Waals surface area contributed by atoms with Crippen LogP contribution in [0.25, 0.3) is 11.1 Å². The maximum atomic E-state index is 6.18. The second-order valence-electron chi connectivity index (χ2n) is 5.11. The third-order valence-corrected chi connectivity index (χ3v) is 4.08. The molecule has 0 saturated carbocycles. The molecule has 0 spiro atoms. The highest BCUT2D eigenvalue weighted by molar-refractivity contribution is 6.32. The van der Waals surface area contributed by atoms with Crippen molar-refractivity contribution in [2.75, 3.05) is 20.2 Å². The minimum atomic E-state index is 0.504. The van der Waals surface area contributed by atoms with E-state index in [-0.39, 0.29) is 0 Å². The zero-order chi connectivity index (χ0) is 13.9. The number of likely N-dealkylation sites (N-methyl/N-ethyl adjacent to an activating group) is 1. The highest BCUT2D eigenvalue weighted by Crippen LogP contribution is 2.29. The van der Waals surface area contributed by atoms with Gasteiger partial charge in [0.25, 0.3) is 0 Å². The van der Waals surface area contributed by atoms with E-state index in [9.17, 15) is 0 Å². The van der Waals surface area contributed by atoms with Gasteiger partial charge in [0.2, 0.25) is 0 Å². The topological polar surface area (TPSA) is 25.4 Å². The van der Waals surface area contributed by atoms with Crippen molar-refractivity contribution in [1.29, 1.82) is 0 Å². The summed E-state index contributed by atoms with van der Waals surface area (Å²) in [6, 6.07) is 12.5. The van der Waals surface area contributed by atoms with Gasteiger partial charge in [-0.05, 0) is 31.6 Å². The first kappa shape index (κ1) is 13.4. The van der Waals surface area contributed by atoms with Crippen molar-refractivity contribution >= 4 is 11.6 Å². The molecule has 104 valence electrons. The fraction of sp³-hybridized carbons (Fsp3) is 0.312. The molecule has 1 aliphatic heterocycles. The number of hydrogen-bond donors (Lipinski definition) is 0. The molecule has 1 saturated heterocycles. The number of halogens is 1. The Morgan fingerprint density at radius 2 is 2.15 bits per heavy atom. The van der Waals surface area contributed by atoms with Crippen LogP contribution in [-0.2, 0) is 0 Å². The highest BCUT2D eigenvalue weighted by Gasteiger charge is 2.24. The standard InChI is InChI=1S/C16H17ClN2O/c1-19-8-7-13(19)11-20-14-9-15(16(17)18-10-14)12-5-3-2-4-6-12/h2-6,9-10,13H,7-8,11H2,1H3/t13-/m1/s1. The Bertz CT molecular complexity index is 588. The molecule has 3 rings (SSSR count). The smallest absolute Gasteiger partial charge is 0.138 e. The van der Waals surface area contributed by atoms with Gasteiger partial charge in [-0.3, -0.25) is 4.90 Å². The number of nitrogens with zero attached hydrogens (tertiary/aromatic N) is 2. The van der Waals surface area contributed by atoms with Crippen LogP contribution in [0.1, 0.15) is 6.42 Å². The summed E-state index contributed by atoms with van der Waals surface area (Å²) in [5.74, 6) is 0.772. The van der Waals surface area contributed by atoms with Gasteiger partial charge in [0.1, 0.15) is 17.5 Å². The molecular formula is C16H17ClN2O. The van der Waals surface area contributed by atoms with Crippen LogP contribution in [0, 0.1) is 0 Å². The van der Waals surface area contributed by atoms with E-state index < -0.39 is 0 Å². The van der Waals surface area contributed by atoms with Crippen LogP contribution >= 0.6 is 11.6 Å². The number of rotatable bonds is 4. The number of benzene rings is 1. The Morgan fingerprint density at radius 3 is 2.80 bits per heavy atom. The molecule has 1 aliphatic rings. The molecule has 0 aliphatic carbocycles. The normalized spacial score (nSPS) is 18.6. The first-order valence-corrected chi connectivity index (χ1v) is 7.16. The molecule has 0 amide bonds. The van der Waals surface area contributed by atoms with Crippen molar-refractivity contribution in [1.82, 2.24) is 9.88 Å². The van der Waals surface area contributed by atoms with Crippen LogP contribution in [0.5, 0.6) is 5.75 Å². The molecule has 20 heavy (non-hydrogen) atoms. The molecule has 4 heteroatoms. The molecule has 0 bridgehead atoms. The van der Waals surface area contributed by atoms with Gasteiger partial charge in [0, 0.05) is 11.6 Å². The van der Waals surface area contributed by atoms with E-state index in [0.29, 0.717) is 17.8 Å². The summed E-state index contributed by atoms with van der Waals surface area (Å²) in [4.78, 5) is 6.52. The lowest BCUT2D eigenvalue weighted by molar-refractivity contribution is 0.0768. The van der Waals surface area contributed by atoms with Crippen molar-refractivity contribution in [2.24, 2.45) is 0 Å². The monoisotopic (exact) mass is 288 g/mol. The minimum absolute atomic E-state index is 0.504. The van der Waals surface area contributed by atoms with Gasteiger partial charge in [-0.25, -0.2) is 4.98 Å². The van der Waals surface area contributed by atoms with Crippen molar-refractivity contribution in [3.8, 4) is 16.9 Å². The highest BCUT2D eigenvalue weighted by atomic mass is 35.5. The van der Waals surface area contributed by atoms with Gasteiger partial charge in [0.15, 0.2) is 0 Å². The molecule has 0 radical (unpaired) electrons. The molecule has 3 nitrogen and oxygen atoms in total. The molecule has 1 aromatic heterocycles. The van der Waals surface area contributed by atoms with Gasteiger partial charge < -0.3 is 4.74 Å².